The number of carbonyl (C=O) groups is 1. The molecule has 7 heteroatoms. The number of nitrogens with zero attached hydrogens (tertiary/aromatic N) is 3. The number of pyridine rings is 1. The first kappa shape index (κ1) is 22.5. The molecule has 0 aromatic carbocycles. The highest BCUT2D eigenvalue weighted by molar-refractivity contribution is 5.77. The maximum atomic E-state index is 12.5. The fourth-order valence-electron chi connectivity index (χ4n) is 4.38. The summed E-state index contributed by atoms with van der Waals surface area (Å²) in [5.41, 5.74) is 3.90. The second kappa shape index (κ2) is 9.32. The molecule has 3 rings (SSSR count). The standard InChI is InChI=1S/C23H35N5O2/c1-6-20-19-15-30-23(4,5)11-17(19)18(12-24)22(26-20)28-9-7-27(8-10-28)21(29)14-25-13-16(2)3/h16,25H,6-11,13-15H2,1-5H3/p+2. The molecule has 1 amide bonds. The van der Waals surface area contributed by atoms with Crippen LogP contribution in [0.15, 0.2) is 0 Å². The molecule has 30 heavy (non-hydrogen) atoms. The zero-order valence-electron chi connectivity index (χ0n) is 19.2. The Morgan fingerprint density at radius 3 is 2.57 bits per heavy atom. The average molecular weight is 416 g/mol. The van der Waals surface area contributed by atoms with E-state index in [4.69, 9.17) is 4.74 Å². The Labute approximate surface area is 180 Å². The number of rotatable bonds is 6. The number of aromatic amines is 1. The highest BCUT2D eigenvalue weighted by atomic mass is 16.5. The summed E-state index contributed by atoms with van der Waals surface area (Å²) in [6, 6.07) is 2.47. The van der Waals surface area contributed by atoms with Crippen molar-refractivity contribution < 1.29 is 19.8 Å². The van der Waals surface area contributed by atoms with Crippen LogP contribution in [0.1, 0.15) is 57.0 Å². The number of ether oxygens (including phenoxy) is 1. The summed E-state index contributed by atoms with van der Waals surface area (Å²) in [7, 11) is 0. The van der Waals surface area contributed by atoms with Crippen LogP contribution >= 0.6 is 0 Å². The Morgan fingerprint density at radius 1 is 1.27 bits per heavy atom. The molecule has 7 nitrogen and oxygen atoms in total. The molecule has 0 spiro atoms. The molecule has 3 N–H and O–H groups in total. The number of aryl methyl sites for hydroxylation is 1. The Bertz CT molecular complexity index is 820. The highest BCUT2D eigenvalue weighted by Gasteiger charge is 2.36. The molecular weight excluding hydrogens is 378 g/mol. The van der Waals surface area contributed by atoms with Crippen molar-refractivity contribution in [2.45, 2.75) is 59.7 Å². The van der Waals surface area contributed by atoms with Gasteiger partial charge in [-0.15, -0.1) is 0 Å². The molecule has 0 bridgehead atoms. The molecule has 3 heterocycles. The van der Waals surface area contributed by atoms with E-state index in [1.54, 1.807) is 0 Å². The van der Waals surface area contributed by atoms with Gasteiger partial charge >= 0.3 is 0 Å². The van der Waals surface area contributed by atoms with Crippen LogP contribution in [0.4, 0.5) is 5.82 Å². The molecule has 0 saturated carbocycles. The second-order valence-corrected chi connectivity index (χ2v) is 9.46. The van der Waals surface area contributed by atoms with Crippen molar-refractivity contribution in [3.05, 3.63) is 22.4 Å². The number of piperazine rings is 1. The van der Waals surface area contributed by atoms with Crippen molar-refractivity contribution in [1.82, 2.24) is 4.90 Å². The van der Waals surface area contributed by atoms with Gasteiger partial charge in [-0.3, -0.25) is 9.69 Å². The van der Waals surface area contributed by atoms with Gasteiger partial charge in [-0.1, -0.05) is 20.8 Å². The summed E-state index contributed by atoms with van der Waals surface area (Å²) in [6.45, 7) is 15.5. The van der Waals surface area contributed by atoms with Gasteiger partial charge in [0.15, 0.2) is 6.54 Å². The Kier molecular flexibility index (Phi) is 6.99. The third-order valence-corrected chi connectivity index (χ3v) is 6.12. The van der Waals surface area contributed by atoms with Crippen molar-refractivity contribution in [2.24, 2.45) is 5.92 Å². The van der Waals surface area contributed by atoms with Crippen LogP contribution in [0.25, 0.3) is 0 Å². The smallest absolute Gasteiger partial charge is 0.293 e. The monoisotopic (exact) mass is 415 g/mol. The molecular formula is C23H37N5O2+2. The third-order valence-electron chi connectivity index (χ3n) is 6.12. The lowest BCUT2D eigenvalue weighted by molar-refractivity contribution is -0.649. The predicted octanol–water partition coefficient (Wildman–Crippen LogP) is 0.654. The largest absolute Gasteiger partial charge is 0.370 e. The van der Waals surface area contributed by atoms with Gasteiger partial charge in [0.25, 0.3) is 11.7 Å². The minimum Gasteiger partial charge on any atom is -0.370 e. The van der Waals surface area contributed by atoms with E-state index in [1.165, 1.54) is 0 Å². The molecule has 1 aromatic heterocycles. The first-order valence-electron chi connectivity index (χ1n) is 11.2. The molecule has 164 valence electrons. The van der Waals surface area contributed by atoms with Gasteiger partial charge in [0.05, 0.1) is 31.8 Å². The van der Waals surface area contributed by atoms with E-state index >= 15 is 0 Å². The molecule has 0 unspecified atom stereocenters. The number of aromatic nitrogens is 1. The van der Waals surface area contributed by atoms with Crippen LogP contribution in [-0.2, 0) is 29.0 Å². The SMILES string of the molecule is CCc1[nH+]c(N2CCN(C(=O)C[NH2+]CC(C)C)CC2)c(C#N)c2c1COC(C)(C)C2. The fourth-order valence-corrected chi connectivity index (χ4v) is 4.38. The number of hydrogen-bond acceptors (Lipinski definition) is 4. The zero-order chi connectivity index (χ0) is 21.9. The van der Waals surface area contributed by atoms with E-state index in [1.807, 2.05) is 4.90 Å². The van der Waals surface area contributed by atoms with Crippen LogP contribution in [0.5, 0.6) is 0 Å². The second-order valence-electron chi connectivity index (χ2n) is 9.46. The summed E-state index contributed by atoms with van der Waals surface area (Å²) < 4.78 is 6.02. The summed E-state index contributed by atoms with van der Waals surface area (Å²) in [4.78, 5) is 20.2. The topological polar surface area (TPSA) is 87.3 Å². The third kappa shape index (κ3) is 4.93. The molecule has 0 radical (unpaired) electrons. The van der Waals surface area contributed by atoms with E-state index in [0.717, 1.165) is 60.7 Å². The van der Waals surface area contributed by atoms with E-state index in [0.29, 0.717) is 32.2 Å². The number of hydrogen-bond donors (Lipinski definition) is 1. The molecule has 0 aliphatic carbocycles. The Balaban J connectivity index is 1.76. The van der Waals surface area contributed by atoms with Gasteiger partial charge in [0.2, 0.25) is 0 Å². The lowest BCUT2D eigenvalue weighted by Gasteiger charge is -2.34. The van der Waals surface area contributed by atoms with Gasteiger partial charge in [-0.2, -0.15) is 5.26 Å². The number of H-pyrrole nitrogens is 1. The van der Waals surface area contributed by atoms with E-state index in [9.17, 15) is 10.1 Å². The maximum Gasteiger partial charge on any atom is 0.293 e. The molecule has 1 aromatic rings. The van der Waals surface area contributed by atoms with Crippen molar-refractivity contribution in [3.8, 4) is 6.07 Å². The van der Waals surface area contributed by atoms with Crippen molar-refractivity contribution in [3.63, 3.8) is 0 Å². The first-order valence-corrected chi connectivity index (χ1v) is 11.2. The fraction of sp³-hybridized carbons (Fsp3) is 0.696. The molecule has 1 saturated heterocycles. The maximum absolute atomic E-state index is 12.5. The van der Waals surface area contributed by atoms with Crippen molar-refractivity contribution in [2.75, 3.05) is 44.2 Å². The van der Waals surface area contributed by atoms with E-state index in [-0.39, 0.29) is 11.5 Å². The van der Waals surface area contributed by atoms with Gasteiger partial charge in [-0.25, -0.2) is 4.98 Å². The molecule has 0 atom stereocenters. The minimum absolute atomic E-state index is 0.207. The van der Waals surface area contributed by atoms with Crippen LogP contribution in [0, 0.1) is 17.2 Å². The Hall–Kier alpha value is -2.17. The molecule has 2 aliphatic heterocycles. The summed E-state index contributed by atoms with van der Waals surface area (Å²) in [6.07, 6.45) is 1.61. The minimum atomic E-state index is -0.264. The number of nitriles is 1. The van der Waals surface area contributed by atoms with Gasteiger partial charge < -0.3 is 15.0 Å². The Morgan fingerprint density at radius 2 is 1.97 bits per heavy atom. The first-order chi connectivity index (χ1) is 14.3. The number of fused-ring (bicyclic) bond motifs is 1. The van der Waals surface area contributed by atoms with Crippen LogP contribution in [0.3, 0.4) is 0 Å². The van der Waals surface area contributed by atoms with Crippen LogP contribution in [-0.4, -0.2) is 55.7 Å². The number of nitrogens with two attached hydrogens (primary N) is 1. The normalized spacial score (nSPS) is 18.3. The zero-order valence-corrected chi connectivity index (χ0v) is 19.2. The number of quaternary nitrogens is 1. The van der Waals surface area contributed by atoms with E-state index in [2.05, 4.69) is 55.9 Å². The van der Waals surface area contributed by atoms with Gasteiger partial charge in [-0.05, 0) is 19.4 Å². The highest BCUT2D eigenvalue weighted by Crippen LogP contribution is 2.34. The van der Waals surface area contributed by atoms with Gasteiger partial charge in [0, 0.05) is 24.3 Å². The van der Waals surface area contributed by atoms with Gasteiger partial charge in [0.1, 0.15) is 30.4 Å². The van der Waals surface area contributed by atoms with Crippen LogP contribution in [0.2, 0.25) is 0 Å². The average Bonchev–Trinajstić information content (AvgIpc) is 2.71. The van der Waals surface area contributed by atoms with Crippen LogP contribution < -0.4 is 15.2 Å². The molecule has 1 fully saturated rings. The van der Waals surface area contributed by atoms with E-state index < -0.39 is 0 Å². The summed E-state index contributed by atoms with van der Waals surface area (Å²) in [5, 5.41) is 12.1. The van der Waals surface area contributed by atoms with Crippen molar-refractivity contribution in [1.29, 1.82) is 5.26 Å². The number of nitrogens with one attached hydrogen (secondary N) is 1. The predicted molar refractivity (Wildman–Crippen MR) is 115 cm³/mol. The summed E-state index contributed by atoms with van der Waals surface area (Å²) >= 11 is 0. The summed E-state index contributed by atoms with van der Waals surface area (Å²) in [5.74, 6) is 1.70. The lowest BCUT2D eigenvalue weighted by atomic mass is 9.87. The van der Waals surface area contributed by atoms with Crippen molar-refractivity contribution >= 4 is 11.7 Å². The quantitative estimate of drug-likeness (QED) is 0.739. The number of anilines is 1. The number of carbonyl (C=O) groups excluding carboxylic acids is 1. The molecule has 2 aliphatic rings. The lowest BCUT2D eigenvalue weighted by Crippen LogP contribution is -2.87. The number of amides is 1.